The van der Waals surface area contributed by atoms with E-state index in [1.807, 2.05) is 0 Å². The van der Waals surface area contributed by atoms with Crippen molar-refractivity contribution in [1.82, 2.24) is 10.6 Å². The number of esters is 2. The Morgan fingerprint density at radius 2 is 0.891 bits per heavy atom. The van der Waals surface area contributed by atoms with E-state index in [9.17, 15) is 63.1 Å². The molecule has 46 heavy (non-hydrogen) atoms. The highest BCUT2D eigenvalue weighted by atomic mass is 19.3. The molecule has 0 radical (unpaired) electrons. The number of hydrogen-bond acceptors (Lipinski definition) is 11. The van der Waals surface area contributed by atoms with Crippen LogP contribution in [0.15, 0.2) is 24.3 Å². The lowest BCUT2D eigenvalue weighted by atomic mass is 10.4. The molecule has 0 spiro atoms. The molecule has 0 aromatic rings. The van der Waals surface area contributed by atoms with E-state index in [1.54, 1.807) is 10.6 Å². The van der Waals surface area contributed by atoms with Crippen molar-refractivity contribution in [2.24, 2.45) is 0 Å². The zero-order valence-electron chi connectivity index (χ0n) is 22.4. The Hall–Kier alpha value is -3.86. The lowest BCUT2D eigenvalue weighted by molar-refractivity contribution is -0.566. The molecule has 270 valence electrons. The standard InChI is InChI=1S/C21H24F10N2O11.2CH4/c1-11(2)13(34)38-7-5-32-15(36)40-9-17(22,23)42-19(26,27)20(28,29)44-21(30,31)43-18(24,25)10-41-16(37)33-6-8-39-14(35)12(3)4;;/h1,3,5-10H2,2,4H3,(H,32,36)(H,33,37);2*1H4. The number of alkyl halides is 10. The quantitative estimate of drug-likeness (QED) is 0.0470. The first-order valence-corrected chi connectivity index (χ1v) is 11.3. The largest absolute Gasteiger partial charge is 0.495 e. The summed E-state index contributed by atoms with van der Waals surface area (Å²) < 4.78 is 159. The molecule has 0 bridgehead atoms. The molecule has 0 heterocycles. The molecule has 0 aromatic carbocycles. The molecular formula is C23H32F10N2O11. The molecule has 0 saturated carbocycles. The van der Waals surface area contributed by atoms with Crippen LogP contribution >= 0.6 is 0 Å². The Bertz CT molecular complexity index is 1060. The van der Waals surface area contributed by atoms with Gasteiger partial charge in [-0.15, -0.1) is 8.78 Å². The molecule has 0 unspecified atom stereocenters. The third-order valence-electron chi connectivity index (χ3n) is 3.78. The topological polar surface area (TPSA) is 157 Å². The summed E-state index contributed by atoms with van der Waals surface area (Å²) in [6.45, 7) is 1.80. The third-order valence-corrected chi connectivity index (χ3v) is 3.78. The highest BCUT2D eigenvalue weighted by Gasteiger charge is 2.69. The molecular weight excluding hydrogens is 670 g/mol. The lowest BCUT2D eigenvalue weighted by Gasteiger charge is -2.31. The van der Waals surface area contributed by atoms with Gasteiger partial charge in [-0.05, 0) is 13.8 Å². The fraction of sp³-hybridized carbons (Fsp3) is 0.652. The fourth-order valence-corrected chi connectivity index (χ4v) is 1.95. The predicted octanol–water partition coefficient (Wildman–Crippen LogP) is 4.92. The zero-order valence-corrected chi connectivity index (χ0v) is 22.4. The van der Waals surface area contributed by atoms with Gasteiger partial charge < -0.3 is 29.6 Å². The Morgan fingerprint density at radius 3 is 1.24 bits per heavy atom. The Morgan fingerprint density at radius 1 is 0.565 bits per heavy atom. The van der Waals surface area contributed by atoms with Crippen molar-refractivity contribution in [3.8, 4) is 0 Å². The van der Waals surface area contributed by atoms with E-state index in [4.69, 9.17) is 0 Å². The molecule has 0 aliphatic heterocycles. The summed E-state index contributed by atoms with van der Waals surface area (Å²) in [6.07, 6.45) is -34.4. The smallest absolute Gasteiger partial charge is 0.460 e. The second-order valence-electron chi connectivity index (χ2n) is 7.92. The highest BCUT2D eigenvalue weighted by molar-refractivity contribution is 5.87. The van der Waals surface area contributed by atoms with E-state index in [0.717, 1.165) is 0 Å². The summed E-state index contributed by atoms with van der Waals surface area (Å²) in [5.41, 5.74) is -0.0839. The van der Waals surface area contributed by atoms with Crippen molar-refractivity contribution in [1.29, 1.82) is 0 Å². The van der Waals surface area contributed by atoms with E-state index in [-0.39, 0.29) is 26.0 Å². The number of amides is 2. The Balaban J connectivity index is -0.00000924. The number of halogens is 10. The van der Waals surface area contributed by atoms with Gasteiger partial charge in [-0.2, -0.15) is 35.1 Å². The first-order valence-electron chi connectivity index (χ1n) is 11.3. The van der Waals surface area contributed by atoms with E-state index < -0.39 is 94.4 Å². The third kappa shape index (κ3) is 18.8. The Labute approximate surface area is 255 Å². The minimum atomic E-state index is -6.81. The molecule has 0 saturated heterocycles. The van der Waals surface area contributed by atoms with Crippen LogP contribution in [0.4, 0.5) is 53.5 Å². The van der Waals surface area contributed by atoms with Crippen LogP contribution in [-0.2, 0) is 42.7 Å². The van der Waals surface area contributed by atoms with Crippen LogP contribution in [0, 0.1) is 0 Å². The number of hydrogen-bond donors (Lipinski definition) is 2. The van der Waals surface area contributed by atoms with Gasteiger partial charge in [0.2, 0.25) is 0 Å². The monoisotopic (exact) mass is 702 g/mol. The van der Waals surface area contributed by atoms with Gasteiger partial charge in [0.05, 0.1) is 13.1 Å². The zero-order chi connectivity index (χ0) is 34.6. The maximum Gasteiger partial charge on any atom is 0.495 e. The van der Waals surface area contributed by atoms with Crippen LogP contribution in [-0.4, -0.2) is 94.4 Å². The van der Waals surface area contributed by atoms with Gasteiger partial charge >= 0.3 is 54.9 Å². The maximum atomic E-state index is 13.6. The van der Waals surface area contributed by atoms with Crippen LogP contribution < -0.4 is 10.6 Å². The number of carbonyl (C=O) groups excluding carboxylic acids is 4. The summed E-state index contributed by atoms with van der Waals surface area (Å²) in [5, 5.41) is 3.36. The van der Waals surface area contributed by atoms with E-state index >= 15 is 0 Å². The summed E-state index contributed by atoms with van der Waals surface area (Å²) in [6, 6.07) is 0. The van der Waals surface area contributed by atoms with Gasteiger partial charge in [0, 0.05) is 11.1 Å². The molecule has 23 heteroatoms. The molecule has 2 N–H and O–H groups in total. The number of carbonyl (C=O) groups is 4. The van der Waals surface area contributed by atoms with Crippen LogP contribution in [0.5, 0.6) is 0 Å². The summed E-state index contributed by atoms with van der Waals surface area (Å²) >= 11 is 0. The van der Waals surface area contributed by atoms with Gasteiger partial charge in [-0.25, -0.2) is 33.4 Å². The van der Waals surface area contributed by atoms with Crippen LogP contribution in [0.25, 0.3) is 0 Å². The molecule has 0 rings (SSSR count). The van der Waals surface area contributed by atoms with Crippen molar-refractivity contribution < 1.29 is 96.2 Å². The van der Waals surface area contributed by atoms with Gasteiger partial charge in [0.25, 0.3) is 0 Å². The average Bonchev–Trinajstić information content (AvgIpc) is 2.84. The van der Waals surface area contributed by atoms with Crippen molar-refractivity contribution >= 4 is 24.1 Å². The molecule has 13 nitrogen and oxygen atoms in total. The Kier molecular flexibility index (Phi) is 19.2. The van der Waals surface area contributed by atoms with Crippen molar-refractivity contribution in [2.45, 2.75) is 59.4 Å². The molecule has 0 aromatic heterocycles. The van der Waals surface area contributed by atoms with Crippen LogP contribution in [0.3, 0.4) is 0 Å². The van der Waals surface area contributed by atoms with E-state index in [0.29, 0.717) is 0 Å². The fourth-order valence-electron chi connectivity index (χ4n) is 1.95. The van der Waals surface area contributed by atoms with Gasteiger partial charge in [-0.1, -0.05) is 28.0 Å². The highest BCUT2D eigenvalue weighted by Crippen LogP contribution is 2.44. The number of rotatable bonds is 19. The second-order valence-corrected chi connectivity index (χ2v) is 7.92. The number of ether oxygens (including phenoxy) is 7. The average molecular weight is 702 g/mol. The first kappa shape index (κ1) is 46.6. The second kappa shape index (κ2) is 19.0. The maximum absolute atomic E-state index is 13.6. The van der Waals surface area contributed by atoms with E-state index in [1.165, 1.54) is 13.8 Å². The van der Waals surface area contributed by atoms with Gasteiger partial charge in [0.1, 0.15) is 13.2 Å². The predicted molar refractivity (Wildman–Crippen MR) is 132 cm³/mol. The number of alkyl carbamates (subject to hydrolysis) is 2. The van der Waals surface area contributed by atoms with Crippen molar-refractivity contribution in [2.75, 3.05) is 39.5 Å². The molecule has 0 aliphatic carbocycles. The van der Waals surface area contributed by atoms with Crippen LogP contribution in [0.2, 0.25) is 0 Å². The minimum Gasteiger partial charge on any atom is -0.460 e. The lowest BCUT2D eigenvalue weighted by Crippen LogP contribution is -2.54. The van der Waals surface area contributed by atoms with E-state index in [2.05, 4.69) is 46.3 Å². The molecule has 0 atom stereocenters. The summed E-state index contributed by atoms with van der Waals surface area (Å²) in [4.78, 5) is 44.7. The molecule has 0 aliphatic rings. The summed E-state index contributed by atoms with van der Waals surface area (Å²) in [5.74, 6) is -1.80. The van der Waals surface area contributed by atoms with Gasteiger partial charge in [-0.3, -0.25) is 0 Å². The van der Waals surface area contributed by atoms with Crippen molar-refractivity contribution in [3.05, 3.63) is 24.3 Å². The normalized spacial score (nSPS) is 12.0. The van der Waals surface area contributed by atoms with Gasteiger partial charge in [0.15, 0.2) is 13.2 Å². The SMILES string of the molecule is C.C.C=C(C)C(=O)OCCNC(=O)OCC(F)(F)OC(F)(F)OC(F)(F)C(F)(F)OC(F)(F)COC(=O)NCCOC(=O)C(=C)C. The van der Waals surface area contributed by atoms with Crippen LogP contribution in [0.1, 0.15) is 28.7 Å². The summed E-state index contributed by atoms with van der Waals surface area (Å²) in [7, 11) is 0. The van der Waals surface area contributed by atoms with Crippen molar-refractivity contribution in [3.63, 3.8) is 0 Å². The minimum absolute atomic E-state index is 0. The first-order chi connectivity index (χ1) is 19.8. The molecule has 2 amide bonds. The number of nitrogens with one attached hydrogen (secondary N) is 2. The molecule has 0 fully saturated rings.